The molecule has 3 aromatic carbocycles. The Bertz CT molecular complexity index is 1440. The molecule has 1 heterocycles. The maximum atomic E-state index is 12.9. The largest absolute Gasteiger partial charge is 0.495 e. The van der Waals surface area contributed by atoms with Gasteiger partial charge in [-0.15, -0.1) is 0 Å². The fraction of sp³-hybridized carbons (Fsp3) is 0.222. The van der Waals surface area contributed by atoms with Crippen molar-refractivity contribution >= 4 is 51.7 Å². The smallest absolute Gasteiger partial charge is 0.256 e. The normalized spacial score (nSPS) is 10.9. The number of halogens is 2. The predicted octanol–water partition coefficient (Wildman–Crippen LogP) is 5.83. The van der Waals surface area contributed by atoms with Gasteiger partial charge in [0, 0.05) is 43.1 Å². The summed E-state index contributed by atoms with van der Waals surface area (Å²) in [5, 5.41) is 11.5. The van der Waals surface area contributed by atoms with Crippen molar-refractivity contribution in [1.82, 2.24) is 15.1 Å². The van der Waals surface area contributed by atoms with E-state index >= 15 is 0 Å². The van der Waals surface area contributed by atoms with Gasteiger partial charge in [-0.2, -0.15) is 5.10 Å². The van der Waals surface area contributed by atoms with Crippen molar-refractivity contribution in [1.29, 1.82) is 0 Å². The van der Waals surface area contributed by atoms with E-state index in [1.807, 2.05) is 30.3 Å². The number of nitrogens with zero attached hydrogens (tertiary/aromatic N) is 2. The Balaban J connectivity index is 1.54. The number of rotatable bonds is 8. The maximum Gasteiger partial charge on any atom is 0.256 e. The van der Waals surface area contributed by atoms with Gasteiger partial charge in [0.05, 0.1) is 29.8 Å². The molecule has 0 unspecified atom stereocenters. The number of nitrogens with one attached hydrogen (secondary N) is 2. The first-order valence-corrected chi connectivity index (χ1v) is 12.2. The number of carbonyl (C=O) groups excluding carboxylic acids is 2. The Morgan fingerprint density at radius 2 is 1.62 bits per heavy atom. The molecule has 0 fully saturated rings. The molecule has 2 N–H and O–H groups in total. The van der Waals surface area contributed by atoms with Gasteiger partial charge in [-0.3, -0.25) is 14.7 Å². The van der Waals surface area contributed by atoms with Crippen molar-refractivity contribution in [3.05, 3.63) is 69.7 Å². The monoisotopic (exact) mass is 540 g/mol. The third kappa shape index (κ3) is 5.50. The Kier molecular flexibility index (Phi) is 7.90. The van der Waals surface area contributed by atoms with Crippen molar-refractivity contribution in [2.24, 2.45) is 0 Å². The summed E-state index contributed by atoms with van der Waals surface area (Å²) in [7, 11) is 6.50. The molecule has 0 aliphatic carbocycles. The average Bonchev–Trinajstić information content (AvgIpc) is 3.29. The van der Waals surface area contributed by atoms with Gasteiger partial charge in [-0.05, 0) is 41.8 Å². The van der Waals surface area contributed by atoms with Crippen LogP contribution in [0.5, 0.6) is 11.5 Å². The van der Waals surface area contributed by atoms with Crippen molar-refractivity contribution in [3.8, 4) is 22.6 Å². The van der Waals surface area contributed by atoms with Crippen LogP contribution in [-0.2, 0) is 11.2 Å². The van der Waals surface area contributed by atoms with E-state index in [0.717, 1.165) is 16.5 Å². The number of benzene rings is 3. The third-order valence-corrected chi connectivity index (χ3v) is 6.75. The number of hydrogen-bond acceptors (Lipinski definition) is 5. The van der Waals surface area contributed by atoms with Gasteiger partial charge in [-0.1, -0.05) is 41.4 Å². The van der Waals surface area contributed by atoms with Crippen LogP contribution in [0.4, 0.5) is 5.82 Å². The van der Waals surface area contributed by atoms with Crippen molar-refractivity contribution in [2.45, 2.75) is 12.8 Å². The number of fused-ring (bicyclic) bond motifs is 1. The molecular weight excluding hydrogens is 515 g/mol. The standard InChI is InChI=1S/C27H26Cl2N4O4/c1-33(2)22(34)12-7-15-5-8-16(9-6-15)27(35)30-26-18-11-10-17(13-19(18)31-32-26)23-24(28)20(36-3)14-21(37-4)25(23)29/h5-6,8-11,13-14H,7,12H2,1-4H3,(H2,30,31,32,35). The maximum absolute atomic E-state index is 12.9. The Morgan fingerprint density at radius 3 is 2.22 bits per heavy atom. The van der Waals surface area contributed by atoms with Crippen LogP contribution in [0.1, 0.15) is 22.3 Å². The topological polar surface area (TPSA) is 96.5 Å². The number of aromatic nitrogens is 2. The van der Waals surface area contributed by atoms with Crippen LogP contribution in [0, 0.1) is 0 Å². The number of anilines is 1. The zero-order valence-corrected chi connectivity index (χ0v) is 22.3. The fourth-order valence-electron chi connectivity index (χ4n) is 3.89. The number of H-pyrrole nitrogens is 1. The molecule has 0 bridgehead atoms. The summed E-state index contributed by atoms with van der Waals surface area (Å²) in [4.78, 5) is 26.2. The van der Waals surface area contributed by atoms with Crippen molar-refractivity contribution < 1.29 is 19.1 Å². The summed E-state index contributed by atoms with van der Waals surface area (Å²) in [6, 6.07) is 14.3. The minimum absolute atomic E-state index is 0.0606. The molecular formula is C27H26Cl2N4O4. The minimum atomic E-state index is -0.294. The second-order valence-corrected chi connectivity index (χ2v) is 9.31. The molecule has 4 aromatic rings. The summed E-state index contributed by atoms with van der Waals surface area (Å²) in [6.07, 6.45) is 1.03. The zero-order chi connectivity index (χ0) is 26.7. The van der Waals surface area contributed by atoms with Crippen LogP contribution >= 0.6 is 23.2 Å². The fourth-order valence-corrected chi connectivity index (χ4v) is 4.61. The highest BCUT2D eigenvalue weighted by Gasteiger charge is 2.20. The number of aryl methyl sites for hydroxylation is 1. The lowest BCUT2D eigenvalue weighted by Gasteiger charge is -2.14. The van der Waals surface area contributed by atoms with E-state index in [-0.39, 0.29) is 11.8 Å². The molecule has 0 saturated carbocycles. The van der Waals surface area contributed by atoms with E-state index in [1.54, 1.807) is 37.2 Å². The van der Waals surface area contributed by atoms with Crippen LogP contribution in [0.25, 0.3) is 22.0 Å². The molecule has 4 rings (SSSR count). The number of carbonyl (C=O) groups is 2. The summed E-state index contributed by atoms with van der Waals surface area (Å²) in [5.41, 5.74) is 3.44. The van der Waals surface area contributed by atoms with E-state index in [9.17, 15) is 9.59 Å². The van der Waals surface area contributed by atoms with Crippen molar-refractivity contribution in [2.75, 3.05) is 33.6 Å². The second kappa shape index (κ2) is 11.1. The van der Waals surface area contributed by atoms with E-state index in [1.165, 1.54) is 14.2 Å². The van der Waals surface area contributed by atoms with Crippen LogP contribution in [0.2, 0.25) is 10.0 Å². The number of amides is 2. The first-order chi connectivity index (χ1) is 17.7. The Labute approximate surface area is 224 Å². The first kappa shape index (κ1) is 26.3. The van der Waals surface area contributed by atoms with Gasteiger partial charge in [0.25, 0.3) is 5.91 Å². The zero-order valence-electron chi connectivity index (χ0n) is 20.8. The number of ether oxygens (including phenoxy) is 2. The van der Waals surface area contributed by atoms with Gasteiger partial charge < -0.3 is 19.7 Å². The number of aromatic amines is 1. The number of hydrogen-bond donors (Lipinski definition) is 2. The van der Waals surface area contributed by atoms with Gasteiger partial charge in [0.15, 0.2) is 5.82 Å². The molecule has 0 radical (unpaired) electrons. The minimum Gasteiger partial charge on any atom is -0.495 e. The molecule has 0 atom stereocenters. The Hall–Kier alpha value is -3.75. The molecule has 2 amide bonds. The third-order valence-electron chi connectivity index (χ3n) is 6.00. The highest BCUT2D eigenvalue weighted by molar-refractivity contribution is 6.41. The first-order valence-electron chi connectivity index (χ1n) is 11.4. The van der Waals surface area contributed by atoms with E-state index < -0.39 is 0 Å². The van der Waals surface area contributed by atoms with Gasteiger partial charge in [0.1, 0.15) is 11.5 Å². The lowest BCUT2D eigenvalue weighted by atomic mass is 10.0. The quantitative estimate of drug-likeness (QED) is 0.293. The number of methoxy groups -OCH3 is 2. The highest BCUT2D eigenvalue weighted by Crippen LogP contribution is 2.46. The van der Waals surface area contributed by atoms with Crippen LogP contribution in [0.3, 0.4) is 0 Å². The molecule has 0 spiro atoms. The molecule has 10 heteroatoms. The molecule has 37 heavy (non-hydrogen) atoms. The van der Waals surface area contributed by atoms with E-state index in [0.29, 0.717) is 56.8 Å². The molecule has 0 aliphatic heterocycles. The predicted molar refractivity (Wildman–Crippen MR) is 146 cm³/mol. The van der Waals surface area contributed by atoms with Crippen LogP contribution < -0.4 is 14.8 Å². The summed E-state index contributed by atoms with van der Waals surface area (Å²) < 4.78 is 10.7. The highest BCUT2D eigenvalue weighted by atomic mass is 35.5. The molecule has 0 aliphatic rings. The van der Waals surface area contributed by atoms with E-state index in [4.69, 9.17) is 32.7 Å². The molecule has 192 valence electrons. The second-order valence-electron chi connectivity index (χ2n) is 8.56. The lowest BCUT2D eigenvalue weighted by molar-refractivity contribution is -0.128. The summed E-state index contributed by atoms with van der Waals surface area (Å²) in [5.74, 6) is 1.03. The van der Waals surface area contributed by atoms with E-state index in [2.05, 4.69) is 15.5 Å². The average molecular weight is 541 g/mol. The van der Waals surface area contributed by atoms with Crippen LogP contribution in [0.15, 0.2) is 48.5 Å². The Morgan fingerprint density at radius 1 is 0.973 bits per heavy atom. The van der Waals surface area contributed by atoms with Gasteiger partial charge >= 0.3 is 0 Å². The summed E-state index contributed by atoms with van der Waals surface area (Å²) in [6.45, 7) is 0. The SMILES string of the molecule is COc1cc(OC)c(Cl)c(-c2ccc3c(NC(=O)c4ccc(CCC(=O)N(C)C)cc4)n[nH]c3c2)c1Cl. The summed E-state index contributed by atoms with van der Waals surface area (Å²) >= 11 is 13.1. The van der Waals surface area contributed by atoms with Gasteiger partial charge in [-0.25, -0.2) is 0 Å². The molecule has 0 saturated heterocycles. The molecule has 8 nitrogen and oxygen atoms in total. The van der Waals surface area contributed by atoms with Gasteiger partial charge in [0.2, 0.25) is 5.91 Å². The lowest BCUT2D eigenvalue weighted by Crippen LogP contribution is -2.21. The molecule has 1 aromatic heterocycles. The van der Waals surface area contributed by atoms with Crippen molar-refractivity contribution in [3.63, 3.8) is 0 Å². The van der Waals surface area contributed by atoms with Crippen LogP contribution in [-0.4, -0.2) is 55.2 Å².